The van der Waals surface area contributed by atoms with E-state index in [2.05, 4.69) is 20.6 Å². The molecule has 0 saturated carbocycles. The fraction of sp³-hybridized carbons (Fsp3) is 0.400. The summed E-state index contributed by atoms with van der Waals surface area (Å²) in [6, 6.07) is 8.57. The SMILES string of the molecule is CCNC(=NCc1cccnc1OCC(F)(F)F)Nc1ccc(OC)c(OCC)c1.I. The molecular weight excluding hydrogens is 528 g/mol. The highest BCUT2D eigenvalue weighted by atomic mass is 127. The van der Waals surface area contributed by atoms with Gasteiger partial charge in [0.25, 0.3) is 0 Å². The fourth-order valence-electron chi connectivity index (χ4n) is 2.46. The van der Waals surface area contributed by atoms with Gasteiger partial charge >= 0.3 is 6.18 Å². The first-order valence-electron chi connectivity index (χ1n) is 9.35. The number of ether oxygens (including phenoxy) is 3. The van der Waals surface area contributed by atoms with Crippen LogP contribution in [0.1, 0.15) is 19.4 Å². The van der Waals surface area contributed by atoms with E-state index in [1.165, 1.54) is 6.20 Å². The first kappa shape index (κ1) is 26.6. The third-order valence-electron chi connectivity index (χ3n) is 3.70. The Morgan fingerprint density at radius 3 is 2.55 bits per heavy atom. The molecule has 1 aromatic carbocycles. The third-order valence-corrected chi connectivity index (χ3v) is 3.70. The predicted octanol–water partition coefficient (Wildman–Crippen LogP) is 4.63. The number of nitrogens with zero attached hydrogens (tertiary/aromatic N) is 2. The number of benzene rings is 1. The van der Waals surface area contributed by atoms with Crippen molar-refractivity contribution >= 4 is 35.6 Å². The molecule has 0 aliphatic rings. The van der Waals surface area contributed by atoms with Crippen LogP contribution < -0.4 is 24.8 Å². The Hall–Kier alpha value is -2.44. The van der Waals surface area contributed by atoms with E-state index in [1.807, 2.05) is 13.8 Å². The van der Waals surface area contributed by atoms with Gasteiger partial charge in [0, 0.05) is 30.1 Å². The van der Waals surface area contributed by atoms with Gasteiger partial charge in [0.05, 0.1) is 20.3 Å². The largest absolute Gasteiger partial charge is 0.493 e. The van der Waals surface area contributed by atoms with Crippen molar-refractivity contribution < 1.29 is 27.4 Å². The van der Waals surface area contributed by atoms with E-state index in [0.29, 0.717) is 41.9 Å². The molecule has 0 aliphatic heterocycles. The molecule has 11 heteroatoms. The van der Waals surface area contributed by atoms with Crippen molar-refractivity contribution in [1.82, 2.24) is 10.3 Å². The highest BCUT2D eigenvalue weighted by Gasteiger charge is 2.29. The maximum Gasteiger partial charge on any atom is 0.422 e. The van der Waals surface area contributed by atoms with Gasteiger partial charge in [-0.2, -0.15) is 13.2 Å². The normalized spacial score (nSPS) is 11.4. The molecule has 172 valence electrons. The van der Waals surface area contributed by atoms with Crippen LogP contribution in [-0.2, 0) is 6.54 Å². The Morgan fingerprint density at radius 2 is 1.90 bits per heavy atom. The van der Waals surface area contributed by atoms with E-state index in [-0.39, 0.29) is 36.4 Å². The molecule has 2 rings (SSSR count). The van der Waals surface area contributed by atoms with Crippen molar-refractivity contribution in [2.45, 2.75) is 26.6 Å². The van der Waals surface area contributed by atoms with Crippen molar-refractivity contribution in [2.75, 3.05) is 32.2 Å². The smallest absolute Gasteiger partial charge is 0.422 e. The maximum absolute atomic E-state index is 12.5. The van der Waals surface area contributed by atoms with Crippen molar-refractivity contribution in [1.29, 1.82) is 0 Å². The Bertz CT molecular complexity index is 851. The number of alkyl halides is 3. The number of rotatable bonds is 9. The van der Waals surface area contributed by atoms with Crippen molar-refractivity contribution in [3.8, 4) is 17.4 Å². The van der Waals surface area contributed by atoms with Gasteiger partial charge in [-0.25, -0.2) is 9.98 Å². The Labute approximate surface area is 196 Å². The van der Waals surface area contributed by atoms with Gasteiger partial charge in [-0.15, -0.1) is 24.0 Å². The Morgan fingerprint density at radius 1 is 1.13 bits per heavy atom. The van der Waals surface area contributed by atoms with Crippen LogP contribution in [-0.4, -0.2) is 44.0 Å². The second kappa shape index (κ2) is 13.1. The lowest BCUT2D eigenvalue weighted by atomic mass is 10.2. The van der Waals surface area contributed by atoms with Crippen molar-refractivity contribution in [2.24, 2.45) is 4.99 Å². The molecular formula is C20H26F3IN4O3. The van der Waals surface area contributed by atoms with Gasteiger partial charge in [0.1, 0.15) is 0 Å². The van der Waals surface area contributed by atoms with E-state index in [0.717, 1.165) is 0 Å². The van der Waals surface area contributed by atoms with Crippen LogP contribution >= 0.6 is 24.0 Å². The number of nitrogens with one attached hydrogen (secondary N) is 2. The number of hydrogen-bond donors (Lipinski definition) is 2. The summed E-state index contributed by atoms with van der Waals surface area (Å²) < 4.78 is 53.0. The summed E-state index contributed by atoms with van der Waals surface area (Å²) in [6.07, 6.45) is -3.07. The van der Waals surface area contributed by atoms with Crippen LogP contribution in [0, 0.1) is 0 Å². The molecule has 0 amide bonds. The molecule has 2 aromatic rings. The van der Waals surface area contributed by atoms with Gasteiger partial charge in [0.15, 0.2) is 24.1 Å². The third kappa shape index (κ3) is 9.07. The lowest BCUT2D eigenvalue weighted by molar-refractivity contribution is -0.154. The molecule has 0 aliphatic carbocycles. The lowest BCUT2D eigenvalue weighted by Crippen LogP contribution is -2.30. The first-order chi connectivity index (χ1) is 14.4. The second-order valence-electron chi connectivity index (χ2n) is 5.99. The van der Waals surface area contributed by atoms with Gasteiger partial charge in [0.2, 0.25) is 5.88 Å². The van der Waals surface area contributed by atoms with E-state index in [9.17, 15) is 13.2 Å². The zero-order valence-electron chi connectivity index (χ0n) is 17.5. The Balaban J connectivity index is 0.00000480. The molecule has 0 saturated heterocycles. The molecule has 31 heavy (non-hydrogen) atoms. The number of pyridine rings is 1. The molecule has 0 radical (unpaired) electrons. The standard InChI is InChI=1S/C20H25F3N4O3.HI/c1-4-24-19(27-15-8-9-16(28-3)17(11-15)29-5-2)26-12-14-7-6-10-25-18(14)30-13-20(21,22)23;/h6-11H,4-5,12-13H2,1-3H3,(H2,24,26,27);1H. The van der Waals surface area contributed by atoms with E-state index < -0.39 is 12.8 Å². The molecule has 0 bridgehead atoms. The van der Waals surface area contributed by atoms with E-state index in [4.69, 9.17) is 14.2 Å². The summed E-state index contributed by atoms with van der Waals surface area (Å²) in [5.74, 6) is 1.52. The minimum atomic E-state index is -4.44. The summed E-state index contributed by atoms with van der Waals surface area (Å²) in [7, 11) is 1.56. The topological polar surface area (TPSA) is 77.0 Å². The zero-order chi connectivity index (χ0) is 22.0. The second-order valence-corrected chi connectivity index (χ2v) is 5.99. The van der Waals surface area contributed by atoms with Gasteiger partial charge in [-0.1, -0.05) is 6.07 Å². The molecule has 2 N–H and O–H groups in total. The molecule has 0 unspecified atom stereocenters. The number of hydrogen-bond acceptors (Lipinski definition) is 5. The number of anilines is 1. The summed E-state index contributed by atoms with van der Waals surface area (Å²) in [5.41, 5.74) is 1.14. The minimum absolute atomic E-state index is 0. The monoisotopic (exact) mass is 554 g/mol. The number of aromatic nitrogens is 1. The van der Waals surface area contributed by atoms with E-state index in [1.54, 1.807) is 37.4 Å². The van der Waals surface area contributed by atoms with Crippen LogP contribution in [0.3, 0.4) is 0 Å². The summed E-state index contributed by atoms with van der Waals surface area (Å²) >= 11 is 0. The summed E-state index contributed by atoms with van der Waals surface area (Å²) in [4.78, 5) is 8.30. The van der Waals surface area contributed by atoms with Crippen molar-refractivity contribution in [3.05, 3.63) is 42.1 Å². The first-order valence-corrected chi connectivity index (χ1v) is 9.35. The van der Waals surface area contributed by atoms with E-state index >= 15 is 0 Å². The van der Waals surface area contributed by atoms with Crippen LogP contribution in [0.15, 0.2) is 41.5 Å². The molecule has 0 atom stereocenters. The zero-order valence-corrected chi connectivity index (χ0v) is 19.8. The molecule has 1 heterocycles. The number of guanidine groups is 1. The summed E-state index contributed by atoms with van der Waals surface area (Å²) in [6.45, 7) is 3.51. The molecule has 7 nitrogen and oxygen atoms in total. The van der Waals surface area contributed by atoms with Gasteiger partial charge < -0.3 is 24.8 Å². The highest BCUT2D eigenvalue weighted by molar-refractivity contribution is 14.0. The van der Waals surface area contributed by atoms with Gasteiger partial charge in [-0.3, -0.25) is 0 Å². The van der Waals surface area contributed by atoms with Crippen molar-refractivity contribution in [3.63, 3.8) is 0 Å². The fourth-order valence-corrected chi connectivity index (χ4v) is 2.46. The van der Waals surface area contributed by atoms with Gasteiger partial charge in [-0.05, 0) is 32.0 Å². The molecule has 0 spiro atoms. The van der Waals surface area contributed by atoms with Crippen LogP contribution in [0.4, 0.5) is 18.9 Å². The molecule has 0 fully saturated rings. The average Bonchev–Trinajstić information content (AvgIpc) is 2.71. The Kier molecular flexibility index (Phi) is 11.2. The maximum atomic E-state index is 12.5. The quantitative estimate of drug-likeness (QED) is 0.268. The predicted molar refractivity (Wildman–Crippen MR) is 124 cm³/mol. The summed E-state index contributed by atoms with van der Waals surface area (Å²) in [5, 5.41) is 6.22. The lowest BCUT2D eigenvalue weighted by Gasteiger charge is -2.15. The average molecular weight is 554 g/mol. The van der Waals surface area contributed by atoms with Crippen LogP contribution in [0.25, 0.3) is 0 Å². The number of aliphatic imine (C=N–C) groups is 1. The molecule has 1 aromatic heterocycles. The van der Waals surface area contributed by atoms with Crippen LogP contribution in [0.2, 0.25) is 0 Å². The van der Waals surface area contributed by atoms with Crippen LogP contribution in [0.5, 0.6) is 17.4 Å². The number of halogens is 4. The highest BCUT2D eigenvalue weighted by Crippen LogP contribution is 2.30. The minimum Gasteiger partial charge on any atom is -0.493 e. The number of methoxy groups -OCH3 is 1.